The molecule has 120 valence electrons. The summed E-state index contributed by atoms with van der Waals surface area (Å²) in [7, 11) is 3.81. The molecule has 21 heavy (non-hydrogen) atoms. The second-order valence-electron chi connectivity index (χ2n) is 6.40. The quantitative estimate of drug-likeness (QED) is 0.775. The van der Waals surface area contributed by atoms with E-state index >= 15 is 0 Å². The van der Waals surface area contributed by atoms with Gasteiger partial charge in [0.1, 0.15) is 5.41 Å². The van der Waals surface area contributed by atoms with Crippen LogP contribution in [0, 0.1) is 5.41 Å². The van der Waals surface area contributed by atoms with Crippen LogP contribution in [0.2, 0.25) is 0 Å². The number of carboxylic acid groups (broad SMARTS) is 1. The molecule has 2 rings (SSSR count). The van der Waals surface area contributed by atoms with Gasteiger partial charge in [0, 0.05) is 19.6 Å². The molecule has 0 saturated carbocycles. The number of aliphatic carboxylic acids is 1. The van der Waals surface area contributed by atoms with E-state index in [4.69, 9.17) is 4.74 Å². The van der Waals surface area contributed by atoms with E-state index in [-0.39, 0.29) is 19.2 Å². The summed E-state index contributed by atoms with van der Waals surface area (Å²) in [6, 6.07) is -0.351. The Balaban J connectivity index is 1.90. The maximum absolute atomic E-state index is 12.3. The molecule has 2 fully saturated rings. The molecular weight excluding hydrogens is 274 g/mol. The Morgan fingerprint density at radius 2 is 2.24 bits per heavy atom. The summed E-state index contributed by atoms with van der Waals surface area (Å²) in [6.07, 6.45) is 2.25. The minimum atomic E-state index is -1.05. The highest BCUT2D eigenvalue weighted by Crippen LogP contribution is 2.28. The number of rotatable bonds is 4. The van der Waals surface area contributed by atoms with E-state index in [1.165, 1.54) is 0 Å². The SMILES string of the molecule is CN(CC1CCCN1C)C(=O)NC1COCC1(C)C(=O)O. The van der Waals surface area contributed by atoms with Crippen molar-refractivity contribution in [3.8, 4) is 0 Å². The molecule has 2 N–H and O–H groups in total. The number of ether oxygens (including phenoxy) is 1. The van der Waals surface area contributed by atoms with Crippen LogP contribution >= 0.6 is 0 Å². The lowest BCUT2D eigenvalue weighted by atomic mass is 9.85. The monoisotopic (exact) mass is 299 g/mol. The van der Waals surface area contributed by atoms with Crippen molar-refractivity contribution in [2.75, 3.05) is 40.4 Å². The van der Waals surface area contributed by atoms with Gasteiger partial charge in [-0.05, 0) is 33.4 Å². The number of nitrogens with zero attached hydrogens (tertiary/aromatic N) is 2. The van der Waals surface area contributed by atoms with Crippen LogP contribution in [0.5, 0.6) is 0 Å². The zero-order valence-corrected chi connectivity index (χ0v) is 13.0. The first-order chi connectivity index (χ1) is 9.84. The topological polar surface area (TPSA) is 82.1 Å². The van der Waals surface area contributed by atoms with E-state index in [1.807, 2.05) is 0 Å². The van der Waals surface area contributed by atoms with Crippen molar-refractivity contribution in [2.24, 2.45) is 5.41 Å². The van der Waals surface area contributed by atoms with Gasteiger partial charge >= 0.3 is 12.0 Å². The fourth-order valence-corrected chi connectivity index (χ4v) is 2.95. The van der Waals surface area contributed by atoms with Gasteiger partial charge < -0.3 is 25.0 Å². The Labute approximate surface area is 125 Å². The lowest BCUT2D eigenvalue weighted by Crippen LogP contribution is -2.54. The molecule has 0 radical (unpaired) electrons. The highest BCUT2D eigenvalue weighted by molar-refractivity contribution is 5.79. The molecule has 0 aromatic heterocycles. The van der Waals surface area contributed by atoms with Crippen molar-refractivity contribution >= 4 is 12.0 Å². The van der Waals surface area contributed by atoms with Gasteiger partial charge in [-0.3, -0.25) is 4.79 Å². The largest absolute Gasteiger partial charge is 0.481 e. The van der Waals surface area contributed by atoms with Crippen LogP contribution in [-0.2, 0) is 9.53 Å². The van der Waals surface area contributed by atoms with Crippen LogP contribution in [0.1, 0.15) is 19.8 Å². The van der Waals surface area contributed by atoms with E-state index < -0.39 is 17.4 Å². The molecule has 7 heteroatoms. The average Bonchev–Trinajstić information content (AvgIpc) is 2.98. The molecule has 3 unspecified atom stereocenters. The number of nitrogens with one attached hydrogen (secondary N) is 1. The first-order valence-electron chi connectivity index (χ1n) is 7.37. The van der Waals surface area contributed by atoms with E-state index in [0.717, 1.165) is 19.4 Å². The molecule has 0 aromatic rings. The summed E-state index contributed by atoms with van der Waals surface area (Å²) in [4.78, 5) is 27.5. The number of urea groups is 1. The minimum absolute atomic E-state index is 0.127. The molecule has 0 spiro atoms. The van der Waals surface area contributed by atoms with Gasteiger partial charge in [0.2, 0.25) is 0 Å². The Bertz CT molecular complexity index is 417. The van der Waals surface area contributed by atoms with E-state index in [0.29, 0.717) is 12.6 Å². The summed E-state index contributed by atoms with van der Waals surface area (Å²) in [5.41, 5.74) is -1.05. The maximum atomic E-state index is 12.3. The third-order valence-corrected chi connectivity index (χ3v) is 4.74. The van der Waals surface area contributed by atoms with Crippen molar-refractivity contribution < 1.29 is 19.4 Å². The highest BCUT2D eigenvalue weighted by atomic mass is 16.5. The fourth-order valence-electron chi connectivity index (χ4n) is 2.95. The van der Waals surface area contributed by atoms with Crippen LogP contribution in [0.15, 0.2) is 0 Å². The number of amides is 2. The number of likely N-dealkylation sites (N-methyl/N-ethyl adjacent to an activating group) is 2. The molecule has 2 heterocycles. The normalized spacial score (nSPS) is 33.1. The van der Waals surface area contributed by atoms with E-state index in [1.54, 1.807) is 18.9 Å². The van der Waals surface area contributed by atoms with Crippen LogP contribution in [-0.4, -0.2) is 79.4 Å². The van der Waals surface area contributed by atoms with Gasteiger partial charge in [-0.2, -0.15) is 0 Å². The van der Waals surface area contributed by atoms with Crippen LogP contribution in [0.3, 0.4) is 0 Å². The molecule has 2 saturated heterocycles. The molecule has 0 bridgehead atoms. The molecule has 2 aliphatic heterocycles. The zero-order chi connectivity index (χ0) is 15.6. The Morgan fingerprint density at radius 3 is 2.81 bits per heavy atom. The van der Waals surface area contributed by atoms with Gasteiger partial charge in [-0.25, -0.2) is 4.79 Å². The standard InChI is InChI=1S/C14H25N3O4/c1-14(12(18)19)9-21-8-11(14)15-13(20)17(3)7-10-5-4-6-16(10)2/h10-11H,4-9H2,1-3H3,(H,15,20)(H,18,19). The molecule has 0 aliphatic carbocycles. The Kier molecular flexibility index (Phi) is 4.73. The van der Waals surface area contributed by atoms with Crippen molar-refractivity contribution in [1.82, 2.24) is 15.1 Å². The van der Waals surface area contributed by atoms with Crippen molar-refractivity contribution in [3.63, 3.8) is 0 Å². The second-order valence-corrected chi connectivity index (χ2v) is 6.40. The second kappa shape index (κ2) is 6.19. The van der Waals surface area contributed by atoms with E-state index in [9.17, 15) is 14.7 Å². The smallest absolute Gasteiger partial charge is 0.317 e. The summed E-state index contributed by atoms with van der Waals surface area (Å²) in [5.74, 6) is -0.941. The number of hydrogen-bond donors (Lipinski definition) is 2. The minimum Gasteiger partial charge on any atom is -0.481 e. The van der Waals surface area contributed by atoms with Gasteiger partial charge in [0.05, 0.1) is 19.3 Å². The molecule has 7 nitrogen and oxygen atoms in total. The Morgan fingerprint density at radius 1 is 1.52 bits per heavy atom. The van der Waals surface area contributed by atoms with Gasteiger partial charge in [-0.15, -0.1) is 0 Å². The van der Waals surface area contributed by atoms with E-state index in [2.05, 4.69) is 17.3 Å². The van der Waals surface area contributed by atoms with Gasteiger partial charge in [0.25, 0.3) is 0 Å². The van der Waals surface area contributed by atoms with Crippen LogP contribution < -0.4 is 5.32 Å². The lowest BCUT2D eigenvalue weighted by molar-refractivity contribution is -0.148. The molecule has 0 aromatic carbocycles. The molecule has 2 amide bonds. The third kappa shape index (κ3) is 3.29. The summed E-state index contributed by atoms with van der Waals surface area (Å²) in [6.45, 7) is 3.69. The summed E-state index contributed by atoms with van der Waals surface area (Å²) >= 11 is 0. The van der Waals surface area contributed by atoms with Crippen molar-refractivity contribution in [1.29, 1.82) is 0 Å². The molecule has 2 aliphatic rings. The first-order valence-corrected chi connectivity index (χ1v) is 7.37. The molecule has 3 atom stereocenters. The predicted octanol–water partition coefficient (Wildman–Crippen LogP) is 0.212. The number of carbonyl (C=O) groups is 2. The fraction of sp³-hybridized carbons (Fsp3) is 0.857. The lowest BCUT2D eigenvalue weighted by Gasteiger charge is -2.30. The number of carboxylic acids is 1. The Hall–Kier alpha value is -1.34. The number of carbonyl (C=O) groups excluding carboxylic acids is 1. The highest BCUT2D eigenvalue weighted by Gasteiger charge is 2.47. The summed E-state index contributed by atoms with van der Waals surface area (Å²) in [5, 5.41) is 12.1. The van der Waals surface area contributed by atoms with Gasteiger partial charge in [0.15, 0.2) is 0 Å². The third-order valence-electron chi connectivity index (χ3n) is 4.74. The number of likely N-dealkylation sites (tertiary alicyclic amines) is 1. The molecular formula is C14H25N3O4. The van der Waals surface area contributed by atoms with Crippen LogP contribution in [0.25, 0.3) is 0 Å². The predicted molar refractivity (Wildman–Crippen MR) is 77.2 cm³/mol. The maximum Gasteiger partial charge on any atom is 0.317 e. The van der Waals surface area contributed by atoms with Crippen molar-refractivity contribution in [3.05, 3.63) is 0 Å². The average molecular weight is 299 g/mol. The summed E-state index contributed by atoms with van der Waals surface area (Å²) < 4.78 is 5.24. The number of hydrogen-bond acceptors (Lipinski definition) is 4. The first kappa shape index (κ1) is 16.0. The van der Waals surface area contributed by atoms with Crippen LogP contribution in [0.4, 0.5) is 4.79 Å². The van der Waals surface area contributed by atoms with Gasteiger partial charge in [-0.1, -0.05) is 0 Å². The van der Waals surface area contributed by atoms with Crippen molar-refractivity contribution in [2.45, 2.75) is 31.8 Å². The zero-order valence-electron chi connectivity index (χ0n) is 13.0.